The van der Waals surface area contributed by atoms with Gasteiger partial charge in [-0.1, -0.05) is 31.9 Å². The van der Waals surface area contributed by atoms with Gasteiger partial charge in [0.2, 0.25) is 0 Å². The maximum absolute atomic E-state index is 11.1. The molecule has 0 saturated heterocycles. The van der Waals surface area contributed by atoms with Crippen molar-refractivity contribution in [1.29, 1.82) is 0 Å². The summed E-state index contributed by atoms with van der Waals surface area (Å²) in [6.45, 7) is 9.75. The van der Waals surface area contributed by atoms with E-state index < -0.39 is 5.97 Å². The maximum atomic E-state index is 11.1. The van der Waals surface area contributed by atoms with E-state index in [2.05, 4.69) is 27.7 Å². The van der Waals surface area contributed by atoms with Gasteiger partial charge in [-0.2, -0.15) is 0 Å². The topological polar surface area (TPSA) is 57.5 Å². The van der Waals surface area contributed by atoms with Crippen LogP contribution in [0.25, 0.3) is 0 Å². The van der Waals surface area contributed by atoms with Crippen molar-refractivity contribution in [2.45, 2.75) is 98.0 Å². The summed E-state index contributed by atoms with van der Waals surface area (Å²) in [5.41, 5.74) is 4.17. The lowest BCUT2D eigenvalue weighted by molar-refractivity contribution is -0.137. The Kier molecular flexibility index (Phi) is 5.22. The summed E-state index contributed by atoms with van der Waals surface area (Å²) >= 11 is 0. The third-order valence-corrected chi connectivity index (χ3v) is 9.98. The summed E-state index contributed by atoms with van der Waals surface area (Å²) in [7, 11) is 0. The Hall–Kier alpha value is -0.830. The molecule has 158 valence electrons. The van der Waals surface area contributed by atoms with Crippen molar-refractivity contribution in [3.05, 3.63) is 11.1 Å². The van der Waals surface area contributed by atoms with Crippen LogP contribution < -0.4 is 0 Å². The van der Waals surface area contributed by atoms with Crippen LogP contribution in [0, 0.1) is 40.4 Å². The first-order chi connectivity index (χ1) is 13.2. The Bertz CT molecular complexity index is 667. The van der Waals surface area contributed by atoms with Crippen LogP contribution in [0.2, 0.25) is 0 Å². The zero-order valence-electron chi connectivity index (χ0n) is 18.3. The standard InChI is InChI=1S/C25H40O3/c1-15(5-8-22(27)28)19-6-7-20-23-16(2)13-17-14-18(26)9-11-24(17,3)21(23)10-12-25(19,20)4/h15,17-21,26H,5-14H2,1-4H3,(H,27,28)/t15-,17-,18-,19-,20+,21+,24+,25-/m1/s1. The molecule has 0 aromatic heterocycles. The number of carbonyl (C=O) groups is 1. The molecule has 3 fully saturated rings. The number of aliphatic hydroxyl groups is 1. The highest BCUT2D eigenvalue weighted by Gasteiger charge is 2.58. The quantitative estimate of drug-likeness (QED) is 0.597. The number of carboxylic acid groups (broad SMARTS) is 1. The summed E-state index contributed by atoms with van der Waals surface area (Å²) in [6, 6.07) is 0. The van der Waals surface area contributed by atoms with Crippen molar-refractivity contribution in [2.75, 3.05) is 0 Å². The zero-order chi connectivity index (χ0) is 20.3. The summed E-state index contributed by atoms with van der Waals surface area (Å²) in [6.07, 6.45) is 10.5. The molecular weight excluding hydrogens is 348 g/mol. The van der Waals surface area contributed by atoms with E-state index in [9.17, 15) is 9.90 Å². The predicted octanol–water partition coefficient (Wildman–Crippen LogP) is 5.82. The average Bonchev–Trinajstić information content (AvgIpc) is 2.98. The highest BCUT2D eigenvalue weighted by Crippen LogP contribution is 2.67. The number of allylic oxidation sites excluding steroid dienone is 2. The van der Waals surface area contributed by atoms with E-state index in [-0.39, 0.29) is 6.10 Å². The fourth-order valence-electron chi connectivity index (χ4n) is 8.41. The molecule has 0 aliphatic heterocycles. The Morgan fingerprint density at radius 2 is 1.79 bits per heavy atom. The van der Waals surface area contributed by atoms with Crippen molar-refractivity contribution in [2.24, 2.45) is 40.4 Å². The van der Waals surface area contributed by atoms with Gasteiger partial charge in [0.25, 0.3) is 0 Å². The van der Waals surface area contributed by atoms with Gasteiger partial charge in [0.1, 0.15) is 0 Å². The molecule has 0 aromatic rings. The first-order valence-electron chi connectivity index (χ1n) is 11.8. The maximum Gasteiger partial charge on any atom is 0.303 e. The Balaban J connectivity index is 1.61. The summed E-state index contributed by atoms with van der Waals surface area (Å²) in [5.74, 6) is 2.58. The molecule has 0 aromatic carbocycles. The third-order valence-electron chi connectivity index (χ3n) is 9.98. The molecule has 8 atom stereocenters. The minimum atomic E-state index is -0.653. The Morgan fingerprint density at radius 3 is 2.50 bits per heavy atom. The molecule has 4 rings (SSSR count). The minimum Gasteiger partial charge on any atom is -0.481 e. The van der Waals surface area contributed by atoms with Crippen molar-refractivity contribution in [3.8, 4) is 0 Å². The number of aliphatic hydroxyl groups excluding tert-OH is 1. The molecule has 2 N–H and O–H groups in total. The van der Waals surface area contributed by atoms with Gasteiger partial charge >= 0.3 is 5.97 Å². The van der Waals surface area contributed by atoms with Gasteiger partial charge < -0.3 is 10.2 Å². The lowest BCUT2D eigenvalue weighted by atomic mass is 9.46. The number of carboxylic acids is 1. The second kappa shape index (κ2) is 7.15. The molecular formula is C25H40O3. The molecule has 0 amide bonds. The van der Waals surface area contributed by atoms with Crippen LogP contribution in [0.5, 0.6) is 0 Å². The summed E-state index contributed by atoms with van der Waals surface area (Å²) in [4.78, 5) is 11.1. The highest BCUT2D eigenvalue weighted by molar-refractivity contribution is 5.66. The van der Waals surface area contributed by atoms with Crippen LogP contribution >= 0.6 is 0 Å². The van der Waals surface area contributed by atoms with Crippen LogP contribution in [-0.2, 0) is 4.79 Å². The van der Waals surface area contributed by atoms with E-state index >= 15 is 0 Å². The molecule has 4 aliphatic carbocycles. The lowest BCUT2D eigenvalue weighted by Gasteiger charge is -2.59. The number of hydrogen-bond donors (Lipinski definition) is 2. The molecule has 3 nitrogen and oxygen atoms in total. The molecule has 28 heavy (non-hydrogen) atoms. The third kappa shape index (κ3) is 3.07. The highest BCUT2D eigenvalue weighted by atomic mass is 16.4. The zero-order valence-corrected chi connectivity index (χ0v) is 18.3. The van der Waals surface area contributed by atoms with E-state index in [1.54, 1.807) is 11.1 Å². The van der Waals surface area contributed by atoms with Gasteiger partial charge in [-0.25, -0.2) is 0 Å². The molecule has 0 spiro atoms. The molecule has 0 bridgehead atoms. The summed E-state index contributed by atoms with van der Waals surface area (Å²) in [5, 5.41) is 19.4. The second-order valence-corrected chi connectivity index (χ2v) is 11.3. The number of aliphatic carboxylic acids is 1. The Labute approximate surface area is 171 Å². The smallest absolute Gasteiger partial charge is 0.303 e. The molecule has 0 radical (unpaired) electrons. The van der Waals surface area contributed by atoms with E-state index in [1.807, 2.05) is 0 Å². The SMILES string of the molecule is CC1=C2[C@H](CC[C@]3(C)[C@@H]([C@H](C)CCC(=O)O)CC[C@@H]23)[C@@]2(C)CC[C@@H](O)C[C@H]2C1. The van der Waals surface area contributed by atoms with Crippen LogP contribution in [-0.4, -0.2) is 22.3 Å². The average molecular weight is 389 g/mol. The van der Waals surface area contributed by atoms with Crippen LogP contribution in [0.3, 0.4) is 0 Å². The molecule has 3 saturated carbocycles. The normalized spacial score (nSPS) is 46.5. The number of hydrogen-bond acceptors (Lipinski definition) is 2. The van der Waals surface area contributed by atoms with Crippen molar-refractivity contribution in [1.82, 2.24) is 0 Å². The number of rotatable bonds is 4. The van der Waals surface area contributed by atoms with Crippen LogP contribution in [0.4, 0.5) is 0 Å². The monoisotopic (exact) mass is 388 g/mol. The van der Waals surface area contributed by atoms with E-state index in [0.717, 1.165) is 19.3 Å². The molecule has 3 heteroatoms. The van der Waals surface area contributed by atoms with Gasteiger partial charge in [0.05, 0.1) is 6.10 Å². The predicted molar refractivity (Wildman–Crippen MR) is 112 cm³/mol. The first kappa shape index (κ1) is 20.4. The van der Waals surface area contributed by atoms with Crippen molar-refractivity contribution in [3.63, 3.8) is 0 Å². The van der Waals surface area contributed by atoms with Gasteiger partial charge in [0.15, 0.2) is 0 Å². The largest absolute Gasteiger partial charge is 0.481 e. The second-order valence-electron chi connectivity index (χ2n) is 11.3. The fraction of sp³-hybridized carbons (Fsp3) is 0.880. The van der Waals surface area contributed by atoms with Gasteiger partial charge in [-0.15, -0.1) is 0 Å². The number of fused-ring (bicyclic) bond motifs is 5. The van der Waals surface area contributed by atoms with Crippen molar-refractivity contribution >= 4 is 5.97 Å². The molecule has 0 heterocycles. The first-order valence-corrected chi connectivity index (χ1v) is 11.8. The van der Waals surface area contributed by atoms with Crippen molar-refractivity contribution < 1.29 is 15.0 Å². The fourth-order valence-corrected chi connectivity index (χ4v) is 8.41. The van der Waals surface area contributed by atoms with E-state index in [0.29, 0.717) is 46.8 Å². The molecule has 4 aliphatic rings. The lowest BCUT2D eigenvalue weighted by Crippen LogP contribution is -2.50. The minimum absolute atomic E-state index is 0.0905. The van der Waals surface area contributed by atoms with E-state index in [1.165, 1.54) is 38.5 Å². The van der Waals surface area contributed by atoms with Crippen LogP contribution in [0.15, 0.2) is 11.1 Å². The van der Waals surface area contributed by atoms with Gasteiger partial charge in [0, 0.05) is 6.42 Å². The van der Waals surface area contributed by atoms with Gasteiger partial charge in [-0.3, -0.25) is 4.79 Å². The van der Waals surface area contributed by atoms with Gasteiger partial charge in [-0.05, 0) is 105 Å². The molecule has 0 unspecified atom stereocenters. The van der Waals surface area contributed by atoms with E-state index in [4.69, 9.17) is 5.11 Å². The summed E-state index contributed by atoms with van der Waals surface area (Å²) < 4.78 is 0. The Morgan fingerprint density at radius 1 is 1.11 bits per heavy atom. The van der Waals surface area contributed by atoms with Crippen LogP contribution in [0.1, 0.15) is 91.9 Å².